The Hall–Kier alpha value is -0.650. The summed E-state index contributed by atoms with van der Waals surface area (Å²) in [4.78, 5) is 16.7. The van der Waals surface area contributed by atoms with E-state index in [0.717, 1.165) is 25.1 Å². The predicted octanol–water partition coefficient (Wildman–Crippen LogP) is 1.28. The summed E-state index contributed by atoms with van der Waals surface area (Å²) >= 11 is 1.26. The summed E-state index contributed by atoms with van der Waals surface area (Å²) in [6, 6.07) is 1.63. The quantitative estimate of drug-likeness (QED) is 0.834. The predicted molar refractivity (Wildman–Crippen MR) is 69.1 cm³/mol. The molecule has 0 spiro atoms. The van der Waals surface area contributed by atoms with E-state index in [1.807, 2.05) is 5.38 Å². The second kappa shape index (κ2) is 4.55. The Morgan fingerprint density at radius 2 is 2.12 bits per heavy atom. The third-order valence-corrected chi connectivity index (χ3v) is 4.80. The minimum Gasteiger partial charge on any atom is -0.328 e. The van der Waals surface area contributed by atoms with Crippen LogP contribution in [-0.4, -0.2) is 28.0 Å². The molecule has 17 heavy (non-hydrogen) atoms. The van der Waals surface area contributed by atoms with E-state index in [0.29, 0.717) is 18.1 Å². The lowest BCUT2D eigenvalue weighted by molar-refractivity contribution is 0.0236. The van der Waals surface area contributed by atoms with Gasteiger partial charge in [0.05, 0.1) is 0 Å². The van der Waals surface area contributed by atoms with E-state index in [2.05, 4.69) is 9.88 Å². The number of rotatable bonds is 2. The zero-order valence-electron chi connectivity index (χ0n) is 9.89. The summed E-state index contributed by atoms with van der Waals surface area (Å²) in [5, 5.41) is 1.95. The summed E-state index contributed by atoms with van der Waals surface area (Å²) in [6.07, 6.45) is 6.09. The van der Waals surface area contributed by atoms with Crippen LogP contribution < -0.4 is 10.6 Å². The van der Waals surface area contributed by atoms with Crippen LogP contribution in [0.15, 0.2) is 10.2 Å². The normalized spacial score (nSPS) is 33.8. The second-order valence-corrected chi connectivity index (χ2v) is 6.16. The fourth-order valence-electron chi connectivity index (χ4n) is 3.37. The van der Waals surface area contributed by atoms with E-state index >= 15 is 0 Å². The minimum absolute atomic E-state index is 0.0545. The number of thiazole rings is 1. The van der Waals surface area contributed by atoms with Gasteiger partial charge in [-0.2, -0.15) is 0 Å². The molecular weight excluding hydrogens is 234 g/mol. The Kier molecular flexibility index (Phi) is 3.06. The fourth-order valence-corrected chi connectivity index (χ4v) is 3.94. The van der Waals surface area contributed by atoms with Gasteiger partial charge in [-0.3, -0.25) is 9.69 Å². The molecule has 3 rings (SSSR count). The van der Waals surface area contributed by atoms with Crippen LogP contribution in [0.25, 0.3) is 0 Å². The SMILES string of the molecule is NC1CC2CCCC(C1)N2Cc1csc(=O)[nH]1. The van der Waals surface area contributed by atoms with Crippen molar-refractivity contribution in [2.75, 3.05) is 0 Å². The van der Waals surface area contributed by atoms with Crippen LogP contribution in [0.5, 0.6) is 0 Å². The number of nitrogens with zero attached hydrogens (tertiary/aromatic N) is 1. The van der Waals surface area contributed by atoms with Gasteiger partial charge in [-0.1, -0.05) is 17.8 Å². The van der Waals surface area contributed by atoms with Gasteiger partial charge in [0.1, 0.15) is 0 Å². The number of nitrogens with two attached hydrogens (primary N) is 1. The van der Waals surface area contributed by atoms with Gasteiger partial charge in [0.2, 0.25) is 0 Å². The highest BCUT2D eigenvalue weighted by molar-refractivity contribution is 7.07. The summed E-state index contributed by atoms with van der Waals surface area (Å²) in [6.45, 7) is 0.890. The third-order valence-electron chi connectivity index (χ3n) is 4.09. The van der Waals surface area contributed by atoms with Crippen LogP contribution in [0.4, 0.5) is 0 Å². The number of hydrogen-bond donors (Lipinski definition) is 2. The van der Waals surface area contributed by atoms with Crippen molar-refractivity contribution in [3.8, 4) is 0 Å². The molecule has 2 unspecified atom stereocenters. The van der Waals surface area contributed by atoms with E-state index in [-0.39, 0.29) is 4.87 Å². The fraction of sp³-hybridized carbons (Fsp3) is 0.750. The summed E-state index contributed by atoms with van der Waals surface area (Å²) in [5.41, 5.74) is 7.16. The molecular formula is C12H19N3OS. The second-order valence-electron chi connectivity index (χ2n) is 5.32. The highest BCUT2D eigenvalue weighted by atomic mass is 32.1. The number of hydrogen-bond acceptors (Lipinski definition) is 4. The average Bonchev–Trinajstić information content (AvgIpc) is 2.65. The number of aromatic amines is 1. The maximum Gasteiger partial charge on any atom is 0.304 e. The Bertz CT molecular complexity index is 427. The first kappa shape index (κ1) is 11.4. The van der Waals surface area contributed by atoms with Crippen molar-refractivity contribution in [1.82, 2.24) is 9.88 Å². The Labute approximate surface area is 105 Å². The lowest BCUT2D eigenvalue weighted by Gasteiger charge is -2.48. The highest BCUT2D eigenvalue weighted by Gasteiger charge is 2.36. The van der Waals surface area contributed by atoms with Crippen molar-refractivity contribution in [1.29, 1.82) is 0 Å². The molecule has 5 heteroatoms. The standard InChI is InChI=1S/C12H19N3OS/c13-8-4-10-2-1-3-11(5-8)15(10)6-9-7-17-12(16)14-9/h7-8,10-11H,1-6,13H2,(H,14,16). The zero-order valence-corrected chi connectivity index (χ0v) is 10.7. The van der Waals surface area contributed by atoms with E-state index in [9.17, 15) is 4.79 Å². The highest BCUT2D eigenvalue weighted by Crippen LogP contribution is 2.34. The van der Waals surface area contributed by atoms with Crippen LogP contribution in [-0.2, 0) is 6.54 Å². The molecule has 0 amide bonds. The molecule has 1 aromatic heterocycles. The molecule has 2 aliphatic rings. The summed E-state index contributed by atoms with van der Waals surface area (Å²) < 4.78 is 0. The summed E-state index contributed by atoms with van der Waals surface area (Å²) in [5.74, 6) is 0. The van der Waals surface area contributed by atoms with E-state index in [1.54, 1.807) is 0 Å². The Morgan fingerprint density at radius 3 is 2.71 bits per heavy atom. The van der Waals surface area contributed by atoms with Gasteiger partial charge in [-0.05, 0) is 25.7 Å². The molecule has 94 valence electrons. The topological polar surface area (TPSA) is 62.1 Å². The Morgan fingerprint density at radius 1 is 1.41 bits per heavy atom. The minimum atomic E-state index is 0.0545. The molecule has 2 saturated heterocycles. The van der Waals surface area contributed by atoms with Gasteiger partial charge in [-0.25, -0.2) is 0 Å². The monoisotopic (exact) mass is 253 g/mol. The molecule has 4 nitrogen and oxygen atoms in total. The number of piperidine rings is 2. The van der Waals surface area contributed by atoms with Gasteiger partial charge in [0.15, 0.2) is 0 Å². The molecule has 2 bridgehead atoms. The van der Waals surface area contributed by atoms with Crippen LogP contribution >= 0.6 is 11.3 Å². The zero-order chi connectivity index (χ0) is 11.8. The largest absolute Gasteiger partial charge is 0.328 e. The first-order valence-electron chi connectivity index (χ1n) is 6.40. The molecule has 3 N–H and O–H groups in total. The van der Waals surface area contributed by atoms with E-state index in [1.165, 1.54) is 30.6 Å². The van der Waals surface area contributed by atoms with Crippen LogP contribution in [0.1, 0.15) is 37.8 Å². The first-order chi connectivity index (χ1) is 8.22. The van der Waals surface area contributed by atoms with Gasteiger partial charge in [0.25, 0.3) is 0 Å². The van der Waals surface area contributed by atoms with Gasteiger partial charge in [0, 0.05) is 35.7 Å². The van der Waals surface area contributed by atoms with Crippen molar-refractivity contribution < 1.29 is 0 Å². The smallest absolute Gasteiger partial charge is 0.304 e. The average molecular weight is 253 g/mol. The van der Waals surface area contributed by atoms with Gasteiger partial charge < -0.3 is 10.7 Å². The van der Waals surface area contributed by atoms with Crippen molar-refractivity contribution >= 4 is 11.3 Å². The number of nitrogens with one attached hydrogen (secondary N) is 1. The molecule has 2 atom stereocenters. The van der Waals surface area contributed by atoms with Crippen LogP contribution in [0.2, 0.25) is 0 Å². The summed E-state index contributed by atoms with van der Waals surface area (Å²) in [7, 11) is 0. The lowest BCUT2D eigenvalue weighted by atomic mass is 9.82. The van der Waals surface area contributed by atoms with Crippen molar-refractivity contribution in [2.45, 2.75) is 56.8 Å². The van der Waals surface area contributed by atoms with Gasteiger partial charge >= 0.3 is 4.87 Å². The first-order valence-corrected chi connectivity index (χ1v) is 7.28. The molecule has 0 saturated carbocycles. The van der Waals surface area contributed by atoms with Crippen molar-refractivity contribution in [3.63, 3.8) is 0 Å². The van der Waals surface area contributed by atoms with Crippen LogP contribution in [0, 0.1) is 0 Å². The molecule has 0 aromatic carbocycles. The van der Waals surface area contributed by atoms with Crippen LogP contribution in [0.3, 0.4) is 0 Å². The molecule has 2 fully saturated rings. The molecule has 1 aromatic rings. The third kappa shape index (κ3) is 2.32. The van der Waals surface area contributed by atoms with Crippen molar-refractivity contribution in [2.24, 2.45) is 5.73 Å². The van der Waals surface area contributed by atoms with E-state index in [4.69, 9.17) is 5.73 Å². The van der Waals surface area contributed by atoms with Crippen molar-refractivity contribution in [3.05, 3.63) is 20.7 Å². The molecule has 3 heterocycles. The van der Waals surface area contributed by atoms with Gasteiger partial charge in [-0.15, -0.1) is 0 Å². The molecule has 0 aliphatic carbocycles. The Balaban J connectivity index is 1.76. The maximum atomic E-state index is 11.2. The number of aromatic nitrogens is 1. The molecule has 0 radical (unpaired) electrons. The number of fused-ring (bicyclic) bond motifs is 2. The lowest BCUT2D eigenvalue weighted by Crippen LogP contribution is -2.54. The number of H-pyrrole nitrogens is 1. The van der Waals surface area contributed by atoms with E-state index < -0.39 is 0 Å². The molecule has 2 aliphatic heterocycles. The maximum absolute atomic E-state index is 11.2.